The minimum atomic E-state index is -2.87. The van der Waals surface area contributed by atoms with Crippen molar-refractivity contribution in [3.63, 3.8) is 0 Å². The molecule has 2 aromatic carbocycles. The van der Waals surface area contributed by atoms with Crippen LogP contribution in [0.15, 0.2) is 79.0 Å². The average molecular weight is 902 g/mol. The fourth-order valence-electron chi connectivity index (χ4n) is 10.2. The molecule has 3 fully saturated rings. The molecule has 1 saturated heterocycles. The molecule has 2 aliphatic heterocycles. The third-order valence-corrected chi connectivity index (χ3v) is 13.3. The maximum atomic E-state index is 14.5. The first-order valence-electron chi connectivity index (χ1n) is 21.2. The quantitative estimate of drug-likeness (QED) is 0.231. The van der Waals surface area contributed by atoms with Crippen LogP contribution >= 0.6 is 0 Å². The van der Waals surface area contributed by atoms with E-state index in [4.69, 9.17) is 37.9 Å². The van der Waals surface area contributed by atoms with Crippen molar-refractivity contribution in [2.75, 3.05) is 13.2 Å². The summed E-state index contributed by atoms with van der Waals surface area (Å²) < 4.78 is 50.2. The maximum Gasteiger partial charge on any atom is 0.340 e. The zero-order valence-corrected chi connectivity index (χ0v) is 36.8. The van der Waals surface area contributed by atoms with E-state index in [9.17, 15) is 43.8 Å². The van der Waals surface area contributed by atoms with Crippen LogP contribution in [0.2, 0.25) is 0 Å². The Balaban J connectivity index is 1.62. The van der Waals surface area contributed by atoms with Gasteiger partial charge in [-0.2, -0.15) is 0 Å². The van der Waals surface area contributed by atoms with Gasteiger partial charge < -0.3 is 48.1 Å². The van der Waals surface area contributed by atoms with Crippen molar-refractivity contribution in [2.24, 2.45) is 17.3 Å². The normalized spacial score (nSPS) is 34.9. The van der Waals surface area contributed by atoms with E-state index in [-0.39, 0.29) is 28.8 Å². The highest BCUT2D eigenvalue weighted by Crippen LogP contribution is 2.70. The van der Waals surface area contributed by atoms with E-state index >= 15 is 0 Å². The van der Waals surface area contributed by atoms with Gasteiger partial charge in [-0.25, -0.2) is 14.4 Å². The molecule has 2 saturated carbocycles. The largest absolute Gasteiger partial charge is 0.465 e. The number of cyclic esters (lactones) is 1. The summed E-state index contributed by atoms with van der Waals surface area (Å²) in [4.78, 5) is 102. The van der Waals surface area contributed by atoms with Crippen molar-refractivity contribution in [3.05, 3.63) is 101 Å². The number of ether oxygens (including phenoxy) is 8. The summed E-state index contributed by atoms with van der Waals surface area (Å²) in [5.74, 6) is -10.7. The highest BCUT2D eigenvalue weighted by atomic mass is 16.7. The average Bonchev–Trinajstić information content (AvgIpc) is 3.51. The Kier molecular flexibility index (Phi) is 12.7. The molecule has 0 radical (unpaired) electrons. The van der Waals surface area contributed by atoms with Crippen LogP contribution in [0.4, 0.5) is 0 Å². The number of rotatable bonds is 9. The lowest BCUT2D eigenvalue weighted by Crippen LogP contribution is -2.89. The van der Waals surface area contributed by atoms with Gasteiger partial charge in [0.25, 0.3) is 0 Å². The smallest absolute Gasteiger partial charge is 0.340 e. The van der Waals surface area contributed by atoms with Crippen LogP contribution < -0.4 is 0 Å². The molecule has 4 aliphatic rings. The molecule has 3 aromatic rings. The van der Waals surface area contributed by atoms with E-state index in [2.05, 4.69) is 4.98 Å². The molecule has 18 nitrogen and oxygen atoms in total. The minimum Gasteiger partial charge on any atom is -0.465 e. The number of benzene rings is 2. The molecule has 3 heterocycles. The summed E-state index contributed by atoms with van der Waals surface area (Å²) in [6.45, 7) is 7.24. The molecule has 18 heteroatoms. The molecule has 13 atom stereocenters. The summed E-state index contributed by atoms with van der Waals surface area (Å²) >= 11 is 0. The third kappa shape index (κ3) is 7.70. The Morgan fingerprint density at radius 1 is 0.785 bits per heavy atom. The number of hydrogen-bond donors (Lipinski definition) is 2. The fourth-order valence-corrected chi connectivity index (χ4v) is 10.2. The molecule has 1 spiro atoms. The van der Waals surface area contributed by atoms with E-state index < -0.39 is 132 Å². The van der Waals surface area contributed by atoms with Crippen molar-refractivity contribution >= 4 is 41.8 Å². The Labute approximate surface area is 373 Å². The molecule has 2 N–H and O–H groups in total. The number of fused-ring (bicyclic) bond motifs is 5. The fraction of sp³-hybridized carbons (Fsp3) is 0.489. The van der Waals surface area contributed by atoms with Crippen molar-refractivity contribution in [3.8, 4) is 0 Å². The number of esters is 7. The topological polar surface area (TPSA) is 247 Å². The minimum absolute atomic E-state index is 0.0189. The van der Waals surface area contributed by atoms with Gasteiger partial charge in [0.1, 0.15) is 54.2 Å². The van der Waals surface area contributed by atoms with Gasteiger partial charge in [-0.05, 0) is 50.2 Å². The lowest BCUT2D eigenvalue weighted by atomic mass is 9.45. The van der Waals surface area contributed by atoms with Crippen LogP contribution in [0.5, 0.6) is 0 Å². The summed E-state index contributed by atoms with van der Waals surface area (Å²) in [7, 11) is 0. The lowest BCUT2D eigenvalue weighted by Gasteiger charge is -2.67. The van der Waals surface area contributed by atoms with Gasteiger partial charge in [-0.15, -0.1) is 0 Å². The zero-order chi connectivity index (χ0) is 47.2. The second kappa shape index (κ2) is 17.6. The molecule has 2 aliphatic carbocycles. The lowest BCUT2D eigenvalue weighted by molar-refractivity contribution is -0.384. The van der Waals surface area contributed by atoms with Gasteiger partial charge in [-0.3, -0.25) is 24.2 Å². The van der Waals surface area contributed by atoms with E-state index in [0.29, 0.717) is 0 Å². The van der Waals surface area contributed by atoms with Crippen LogP contribution in [-0.4, -0.2) is 124 Å². The molecular weight excluding hydrogens is 851 g/mol. The maximum absolute atomic E-state index is 14.5. The van der Waals surface area contributed by atoms with Crippen molar-refractivity contribution in [1.82, 2.24) is 4.98 Å². The van der Waals surface area contributed by atoms with Crippen molar-refractivity contribution in [2.45, 2.75) is 114 Å². The van der Waals surface area contributed by atoms with Crippen LogP contribution in [0.3, 0.4) is 0 Å². The summed E-state index contributed by atoms with van der Waals surface area (Å²) in [6.07, 6.45) is -11.5. The Morgan fingerprint density at radius 2 is 1.38 bits per heavy atom. The standard InChI is InChI=1S/C47H51NO17/c1-8-31(51)61-35-32-36(62-41(54)28-16-11-9-12-17-28)47-45(7,57)37(63-40(53)25(3)24(2)33-30(20-15-21-48-33)43(56)59-22-44(32,6)65-47)34(52)38(64-42(55)29-18-13-10-14-19-29)46(47,23-58-26(4)49)39(35)60-27(5)50/h9-21,24-25,32,34-39,52,57H,8,22-23H2,1-7H3/t24?,25-,32?,34?,35?,36?,37-,38?,39?,44-,45-,46?,47?/m0/s1. The van der Waals surface area contributed by atoms with E-state index in [1.165, 1.54) is 75.5 Å². The van der Waals surface area contributed by atoms with Gasteiger partial charge in [-0.1, -0.05) is 57.2 Å². The number of aliphatic hydroxyl groups excluding tert-OH is 1. The van der Waals surface area contributed by atoms with E-state index in [1.807, 2.05) is 0 Å². The Bertz CT molecular complexity index is 2360. The zero-order valence-electron chi connectivity index (χ0n) is 36.8. The van der Waals surface area contributed by atoms with Crippen LogP contribution in [0.1, 0.15) is 97.6 Å². The second-order valence-corrected chi connectivity index (χ2v) is 17.3. The van der Waals surface area contributed by atoms with Crippen molar-refractivity contribution < 1.29 is 81.7 Å². The summed E-state index contributed by atoms with van der Waals surface area (Å²) in [5.41, 5.74) is -10.5. The number of carbonyl (C=O) groups excluding carboxylic acids is 7. The third-order valence-electron chi connectivity index (χ3n) is 13.3. The monoisotopic (exact) mass is 901 g/mol. The second-order valence-electron chi connectivity index (χ2n) is 17.3. The summed E-state index contributed by atoms with van der Waals surface area (Å²) in [5, 5.41) is 26.5. The molecule has 65 heavy (non-hydrogen) atoms. The Morgan fingerprint density at radius 3 is 1.95 bits per heavy atom. The molecular formula is C47H51NO17. The van der Waals surface area contributed by atoms with Gasteiger partial charge >= 0.3 is 41.8 Å². The van der Waals surface area contributed by atoms with E-state index in [0.717, 1.165) is 20.8 Å². The van der Waals surface area contributed by atoms with E-state index in [1.54, 1.807) is 31.2 Å². The summed E-state index contributed by atoms with van der Waals surface area (Å²) in [6, 6.07) is 18.0. The first-order chi connectivity index (χ1) is 30.7. The highest BCUT2D eigenvalue weighted by molar-refractivity contribution is 5.92. The first-order valence-corrected chi connectivity index (χ1v) is 21.2. The van der Waals surface area contributed by atoms with Gasteiger partial charge in [0.15, 0.2) is 17.8 Å². The van der Waals surface area contributed by atoms with Crippen LogP contribution in [0.25, 0.3) is 0 Å². The number of hydrogen-bond acceptors (Lipinski definition) is 18. The predicted molar refractivity (Wildman–Crippen MR) is 220 cm³/mol. The number of nitrogens with zero attached hydrogens (tertiary/aromatic N) is 1. The molecule has 4 bridgehead atoms. The number of aromatic nitrogens is 1. The van der Waals surface area contributed by atoms with Crippen molar-refractivity contribution in [1.29, 1.82) is 0 Å². The van der Waals surface area contributed by atoms with Gasteiger partial charge in [0.2, 0.25) is 0 Å². The SMILES string of the molecule is CCC(=O)OC1C(OC(C)=O)C2(COC(C)=O)C(OC(=O)c3ccccc3)C(O)[C@@H]3OC(=O)[C@@H](C)C(C)c4ncccc4C(=O)OC[C@]4(C)OC2(C(OC(=O)c2ccccc2)C14)[C@@]3(C)O. The van der Waals surface area contributed by atoms with Gasteiger partial charge in [0, 0.05) is 32.4 Å². The molecule has 1 aromatic heterocycles. The van der Waals surface area contributed by atoms with Gasteiger partial charge in [0.05, 0.1) is 34.2 Å². The molecule has 0 amide bonds. The molecule has 9 unspecified atom stereocenters. The van der Waals surface area contributed by atoms with Crippen LogP contribution in [0, 0.1) is 17.3 Å². The number of pyridine rings is 1. The number of carbonyl (C=O) groups is 7. The first kappa shape index (κ1) is 46.7. The molecule has 346 valence electrons. The Hall–Kier alpha value is -6.24. The van der Waals surface area contributed by atoms with Crippen LogP contribution in [-0.2, 0) is 57.1 Å². The predicted octanol–water partition coefficient (Wildman–Crippen LogP) is 3.44. The number of aliphatic hydroxyl groups is 2. The highest BCUT2D eigenvalue weighted by Gasteiger charge is 2.91. The molecule has 7 rings (SSSR count).